The molecule has 0 saturated carbocycles. The maximum absolute atomic E-state index is 4.82. The summed E-state index contributed by atoms with van der Waals surface area (Å²) in [5.41, 5.74) is 4.56. The minimum Gasteiger partial charge on any atom is -0.351 e. The molecule has 2 aliphatic rings. The predicted octanol–water partition coefficient (Wildman–Crippen LogP) is 3.62. The van der Waals surface area contributed by atoms with Crippen molar-refractivity contribution in [3.05, 3.63) is 59.4 Å². The predicted molar refractivity (Wildman–Crippen MR) is 108 cm³/mol. The van der Waals surface area contributed by atoms with E-state index in [1.54, 1.807) is 0 Å². The van der Waals surface area contributed by atoms with Gasteiger partial charge in [0.15, 0.2) is 5.65 Å². The number of hydrogen-bond acceptors (Lipinski definition) is 4. The van der Waals surface area contributed by atoms with Crippen LogP contribution >= 0.6 is 0 Å². The van der Waals surface area contributed by atoms with E-state index in [2.05, 4.69) is 66.1 Å². The van der Waals surface area contributed by atoms with Crippen molar-refractivity contribution in [1.82, 2.24) is 19.5 Å². The van der Waals surface area contributed by atoms with Gasteiger partial charge in [-0.1, -0.05) is 44.2 Å². The zero-order valence-electron chi connectivity index (χ0n) is 16.3. The first-order valence-corrected chi connectivity index (χ1v) is 10.0. The molecule has 0 spiro atoms. The summed E-state index contributed by atoms with van der Waals surface area (Å²) < 4.78 is 2.05. The standard InChI is InChI=1S/C22H27N5/c1-15(2)20-11-22(27-21(23-20)9-16(3)24-27)26-14-18-10-19(26)13-25(18)12-17-7-5-4-6-8-17/h4-9,11,15,18-19H,10,12-14H2,1-3H3/t18-,19-/m0/s1. The van der Waals surface area contributed by atoms with Crippen molar-refractivity contribution in [3.8, 4) is 0 Å². The van der Waals surface area contributed by atoms with Gasteiger partial charge in [0.25, 0.3) is 0 Å². The highest BCUT2D eigenvalue weighted by molar-refractivity contribution is 5.54. The van der Waals surface area contributed by atoms with Gasteiger partial charge in [0.1, 0.15) is 5.82 Å². The van der Waals surface area contributed by atoms with E-state index in [4.69, 9.17) is 10.1 Å². The molecule has 2 saturated heterocycles. The van der Waals surface area contributed by atoms with Gasteiger partial charge in [-0.3, -0.25) is 4.90 Å². The second kappa shape index (κ2) is 6.34. The average Bonchev–Trinajstić information content (AvgIpc) is 3.34. The molecule has 5 heteroatoms. The van der Waals surface area contributed by atoms with Crippen LogP contribution in [0.1, 0.15) is 43.1 Å². The number of piperazine rings is 1. The van der Waals surface area contributed by atoms with Crippen molar-refractivity contribution in [1.29, 1.82) is 0 Å². The minimum atomic E-state index is 0.415. The summed E-state index contributed by atoms with van der Waals surface area (Å²) in [4.78, 5) is 10.0. The Morgan fingerprint density at radius 1 is 1.07 bits per heavy atom. The second-order valence-electron chi connectivity index (χ2n) is 8.36. The van der Waals surface area contributed by atoms with Crippen LogP contribution in [-0.2, 0) is 6.54 Å². The van der Waals surface area contributed by atoms with E-state index in [0.29, 0.717) is 18.0 Å². The van der Waals surface area contributed by atoms with Gasteiger partial charge in [-0.2, -0.15) is 9.61 Å². The molecule has 27 heavy (non-hydrogen) atoms. The Bertz CT molecular complexity index is 961. The van der Waals surface area contributed by atoms with Gasteiger partial charge >= 0.3 is 0 Å². The molecular formula is C22H27N5. The Morgan fingerprint density at radius 3 is 2.59 bits per heavy atom. The fraction of sp³-hybridized carbons (Fsp3) is 0.455. The van der Waals surface area contributed by atoms with Crippen LogP contribution in [0, 0.1) is 6.92 Å². The molecule has 0 radical (unpaired) electrons. The number of hydrogen-bond donors (Lipinski definition) is 0. The highest BCUT2D eigenvalue weighted by Crippen LogP contribution is 2.36. The zero-order valence-corrected chi connectivity index (χ0v) is 16.3. The lowest BCUT2D eigenvalue weighted by atomic mass is 10.1. The number of benzene rings is 1. The summed E-state index contributed by atoms with van der Waals surface area (Å²) in [5, 5.41) is 4.73. The van der Waals surface area contributed by atoms with Crippen LogP contribution < -0.4 is 4.90 Å². The summed E-state index contributed by atoms with van der Waals surface area (Å²) in [5.74, 6) is 1.63. The van der Waals surface area contributed by atoms with Crippen molar-refractivity contribution in [2.75, 3.05) is 18.0 Å². The smallest absolute Gasteiger partial charge is 0.157 e. The molecule has 2 aromatic heterocycles. The van der Waals surface area contributed by atoms with E-state index in [1.807, 2.05) is 11.4 Å². The maximum atomic E-state index is 4.82. The van der Waals surface area contributed by atoms with Crippen LogP contribution in [0.25, 0.3) is 5.65 Å². The number of likely N-dealkylation sites (tertiary alicyclic amines) is 1. The normalized spacial score (nSPS) is 22.4. The lowest BCUT2D eigenvalue weighted by Gasteiger charge is -2.35. The molecule has 2 fully saturated rings. The number of aromatic nitrogens is 3. The molecule has 2 bridgehead atoms. The fourth-order valence-electron chi connectivity index (χ4n) is 4.63. The molecule has 0 amide bonds. The molecular weight excluding hydrogens is 334 g/mol. The van der Waals surface area contributed by atoms with Crippen LogP contribution in [0.3, 0.4) is 0 Å². The topological polar surface area (TPSA) is 36.7 Å². The van der Waals surface area contributed by atoms with Gasteiger partial charge in [-0.25, -0.2) is 4.98 Å². The quantitative estimate of drug-likeness (QED) is 0.711. The van der Waals surface area contributed by atoms with Crippen LogP contribution in [0.15, 0.2) is 42.5 Å². The molecule has 4 heterocycles. The van der Waals surface area contributed by atoms with Crippen LogP contribution in [0.4, 0.5) is 5.82 Å². The molecule has 140 valence electrons. The number of fused-ring (bicyclic) bond motifs is 3. The maximum Gasteiger partial charge on any atom is 0.157 e. The molecule has 0 N–H and O–H groups in total. The van der Waals surface area contributed by atoms with E-state index >= 15 is 0 Å². The number of anilines is 1. The third-order valence-electron chi connectivity index (χ3n) is 6.02. The van der Waals surface area contributed by atoms with Crippen LogP contribution in [0.5, 0.6) is 0 Å². The Morgan fingerprint density at radius 2 is 1.89 bits per heavy atom. The molecule has 3 aromatic rings. The molecule has 0 unspecified atom stereocenters. The first-order chi connectivity index (χ1) is 13.1. The Kier molecular flexibility index (Phi) is 3.93. The van der Waals surface area contributed by atoms with E-state index in [-0.39, 0.29) is 0 Å². The molecule has 0 aliphatic carbocycles. The van der Waals surface area contributed by atoms with Crippen LogP contribution in [0.2, 0.25) is 0 Å². The van der Waals surface area contributed by atoms with Gasteiger partial charge in [0.05, 0.1) is 5.69 Å². The Hall–Kier alpha value is -2.40. The first-order valence-electron chi connectivity index (χ1n) is 10.0. The van der Waals surface area contributed by atoms with Crippen molar-refractivity contribution in [2.24, 2.45) is 0 Å². The number of nitrogens with zero attached hydrogens (tertiary/aromatic N) is 5. The summed E-state index contributed by atoms with van der Waals surface area (Å²) in [7, 11) is 0. The van der Waals surface area contributed by atoms with Crippen molar-refractivity contribution >= 4 is 11.5 Å². The lowest BCUT2D eigenvalue weighted by Crippen LogP contribution is -2.46. The number of rotatable bonds is 4. The van der Waals surface area contributed by atoms with E-state index in [0.717, 1.165) is 36.7 Å². The monoisotopic (exact) mass is 361 g/mol. The highest BCUT2D eigenvalue weighted by Gasteiger charge is 2.44. The fourth-order valence-corrected chi connectivity index (χ4v) is 4.63. The average molecular weight is 361 g/mol. The van der Waals surface area contributed by atoms with Gasteiger partial charge in [-0.05, 0) is 24.8 Å². The lowest BCUT2D eigenvalue weighted by molar-refractivity contribution is 0.230. The third-order valence-corrected chi connectivity index (χ3v) is 6.02. The van der Waals surface area contributed by atoms with E-state index < -0.39 is 0 Å². The Labute approximate surface area is 160 Å². The molecule has 2 aliphatic heterocycles. The number of aryl methyl sites for hydroxylation is 1. The summed E-state index contributed by atoms with van der Waals surface area (Å²) in [6.45, 7) is 9.73. The Balaban J connectivity index is 1.43. The van der Waals surface area contributed by atoms with Crippen molar-refractivity contribution in [3.63, 3.8) is 0 Å². The van der Waals surface area contributed by atoms with Crippen LogP contribution in [-0.4, -0.2) is 44.7 Å². The summed E-state index contributed by atoms with van der Waals surface area (Å²) >= 11 is 0. The van der Waals surface area contributed by atoms with E-state index in [1.165, 1.54) is 17.8 Å². The molecule has 2 atom stereocenters. The largest absolute Gasteiger partial charge is 0.351 e. The molecule has 5 nitrogen and oxygen atoms in total. The second-order valence-corrected chi connectivity index (χ2v) is 8.36. The van der Waals surface area contributed by atoms with E-state index in [9.17, 15) is 0 Å². The summed E-state index contributed by atoms with van der Waals surface area (Å²) in [6, 6.07) is 16.4. The van der Waals surface area contributed by atoms with Crippen molar-refractivity contribution < 1.29 is 0 Å². The molecule has 5 rings (SSSR count). The SMILES string of the molecule is Cc1cc2nc(C(C)C)cc(N3C[C@@H]4C[C@H]3CN4Cc3ccccc3)n2n1. The highest BCUT2D eigenvalue weighted by atomic mass is 15.4. The zero-order chi connectivity index (χ0) is 18.5. The van der Waals surface area contributed by atoms with Gasteiger partial charge < -0.3 is 4.90 Å². The first kappa shape index (κ1) is 16.8. The molecule has 1 aromatic carbocycles. The van der Waals surface area contributed by atoms with Gasteiger partial charge in [0, 0.05) is 49.5 Å². The van der Waals surface area contributed by atoms with Gasteiger partial charge in [0.2, 0.25) is 0 Å². The summed E-state index contributed by atoms with van der Waals surface area (Å²) in [6.07, 6.45) is 1.24. The van der Waals surface area contributed by atoms with Crippen molar-refractivity contribution in [2.45, 2.75) is 51.7 Å². The third kappa shape index (κ3) is 2.90. The minimum absolute atomic E-state index is 0.415. The van der Waals surface area contributed by atoms with Gasteiger partial charge in [-0.15, -0.1) is 0 Å².